The fourth-order valence-electron chi connectivity index (χ4n) is 1.67. The second-order valence-electron chi connectivity index (χ2n) is 3.82. The monoisotopic (exact) mass is 255 g/mol. The molecule has 0 bridgehead atoms. The fraction of sp³-hybridized carbons (Fsp3) is 0.417. The standard InChI is InChI=1S/C12H14ClNOS/c13-11-4-1-10(2-5-11)3-6-12(15)14-7-8-16-9-14/h1-2,4-5H,3,6-9H2. The summed E-state index contributed by atoms with van der Waals surface area (Å²) in [6.07, 6.45) is 1.40. The number of thioether (sulfide) groups is 1. The van der Waals surface area contributed by atoms with E-state index in [4.69, 9.17) is 11.6 Å². The first-order valence-electron chi connectivity index (χ1n) is 5.35. The molecule has 1 saturated heterocycles. The van der Waals surface area contributed by atoms with Crippen molar-refractivity contribution in [3.05, 3.63) is 34.9 Å². The van der Waals surface area contributed by atoms with Gasteiger partial charge in [0.05, 0.1) is 5.88 Å². The first-order valence-corrected chi connectivity index (χ1v) is 6.89. The van der Waals surface area contributed by atoms with Crippen molar-refractivity contribution >= 4 is 29.3 Å². The van der Waals surface area contributed by atoms with Gasteiger partial charge in [0.15, 0.2) is 0 Å². The number of amides is 1. The zero-order chi connectivity index (χ0) is 11.4. The van der Waals surface area contributed by atoms with Crippen LogP contribution in [0, 0.1) is 0 Å². The number of carbonyl (C=O) groups excluding carboxylic acids is 1. The average molecular weight is 256 g/mol. The minimum atomic E-state index is 0.264. The number of hydrogen-bond donors (Lipinski definition) is 0. The topological polar surface area (TPSA) is 20.3 Å². The highest BCUT2D eigenvalue weighted by Gasteiger charge is 2.17. The van der Waals surface area contributed by atoms with Gasteiger partial charge in [-0.05, 0) is 24.1 Å². The molecular formula is C12H14ClNOS. The Bertz CT molecular complexity index is 360. The quantitative estimate of drug-likeness (QED) is 0.828. The van der Waals surface area contributed by atoms with Crippen molar-refractivity contribution in [2.24, 2.45) is 0 Å². The molecule has 1 amide bonds. The van der Waals surface area contributed by atoms with Gasteiger partial charge in [0, 0.05) is 23.7 Å². The number of carbonyl (C=O) groups is 1. The molecule has 0 saturated carbocycles. The van der Waals surface area contributed by atoms with Crippen LogP contribution >= 0.6 is 23.4 Å². The van der Waals surface area contributed by atoms with Crippen molar-refractivity contribution in [1.82, 2.24) is 4.90 Å². The van der Waals surface area contributed by atoms with E-state index in [1.165, 1.54) is 5.56 Å². The maximum absolute atomic E-state index is 11.8. The van der Waals surface area contributed by atoms with E-state index in [0.29, 0.717) is 6.42 Å². The summed E-state index contributed by atoms with van der Waals surface area (Å²) < 4.78 is 0. The molecule has 2 nitrogen and oxygen atoms in total. The molecule has 1 aliphatic rings. The highest BCUT2D eigenvalue weighted by Crippen LogP contribution is 2.16. The molecule has 2 rings (SSSR count). The van der Waals surface area contributed by atoms with Gasteiger partial charge in [-0.2, -0.15) is 0 Å². The van der Waals surface area contributed by atoms with Gasteiger partial charge in [0.1, 0.15) is 0 Å². The second-order valence-corrected chi connectivity index (χ2v) is 5.33. The number of aryl methyl sites for hydroxylation is 1. The first-order chi connectivity index (χ1) is 7.75. The summed E-state index contributed by atoms with van der Waals surface area (Å²) >= 11 is 7.62. The molecule has 0 atom stereocenters. The van der Waals surface area contributed by atoms with Crippen LogP contribution in [0.2, 0.25) is 5.02 Å². The highest BCUT2D eigenvalue weighted by atomic mass is 35.5. The Labute approximate surface area is 105 Å². The van der Waals surface area contributed by atoms with E-state index in [9.17, 15) is 4.79 Å². The molecule has 0 aliphatic carbocycles. The maximum atomic E-state index is 11.8. The van der Waals surface area contributed by atoms with Gasteiger partial charge in [-0.25, -0.2) is 0 Å². The molecule has 0 N–H and O–H groups in total. The molecule has 1 aromatic rings. The van der Waals surface area contributed by atoms with Gasteiger partial charge < -0.3 is 4.90 Å². The van der Waals surface area contributed by atoms with Crippen molar-refractivity contribution in [2.75, 3.05) is 18.2 Å². The molecule has 1 aromatic carbocycles. The summed E-state index contributed by atoms with van der Waals surface area (Å²) in [5, 5.41) is 0.742. The molecular weight excluding hydrogens is 242 g/mol. The van der Waals surface area contributed by atoms with Gasteiger partial charge in [-0.15, -0.1) is 11.8 Å². The summed E-state index contributed by atoms with van der Waals surface area (Å²) in [5.41, 5.74) is 1.17. The lowest BCUT2D eigenvalue weighted by Crippen LogP contribution is -2.27. The Balaban J connectivity index is 1.82. The Morgan fingerprint density at radius 3 is 2.75 bits per heavy atom. The van der Waals surface area contributed by atoms with Gasteiger partial charge in [0.2, 0.25) is 5.91 Å². The Kier molecular flexibility index (Phi) is 4.13. The summed E-state index contributed by atoms with van der Waals surface area (Å²) in [6, 6.07) is 7.70. The van der Waals surface area contributed by atoms with Crippen LogP contribution in [0.15, 0.2) is 24.3 Å². The second kappa shape index (κ2) is 5.60. The number of rotatable bonds is 3. The van der Waals surface area contributed by atoms with Crippen LogP contribution in [-0.4, -0.2) is 29.0 Å². The molecule has 1 aliphatic heterocycles. The van der Waals surface area contributed by atoms with Crippen molar-refractivity contribution in [2.45, 2.75) is 12.8 Å². The third kappa shape index (κ3) is 3.16. The van der Waals surface area contributed by atoms with Crippen LogP contribution in [0.1, 0.15) is 12.0 Å². The lowest BCUT2D eigenvalue weighted by Gasteiger charge is -2.13. The van der Waals surface area contributed by atoms with Crippen LogP contribution in [-0.2, 0) is 11.2 Å². The van der Waals surface area contributed by atoms with Gasteiger partial charge in [0.25, 0.3) is 0 Å². The minimum absolute atomic E-state index is 0.264. The number of halogens is 1. The van der Waals surface area contributed by atoms with Crippen LogP contribution in [0.5, 0.6) is 0 Å². The predicted molar refractivity (Wildman–Crippen MR) is 68.8 cm³/mol. The summed E-state index contributed by atoms with van der Waals surface area (Å²) in [6.45, 7) is 0.907. The van der Waals surface area contributed by atoms with Crippen LogP contribution in [0.3, 0.4) is 0 Å². The maximum Gasteiger partial charge on any atom is 0.223 e. The van der Waals surface area contributed by atoms with E-state index < -0.39 is 0 Å². The molecule has 16 heavy (non-hydrogen) atoms. The van der Waals surface area contributed by atoms with E-state index in [1.807, 2.05) is 40.9 Å². The zero-order valence-corrected chi connectivity index (χ0v) is 10.6. The van der Waals surface area contributed by atoms with Crippen molar-refractivity contribution in [1.29, 1.82) is 0 Å². The molecule has 1 fully saturated rings. The van der Waals surface area contributed by atoms with Gasteiger partial charge in [-0.1, -0.05) is 23.7 Å². The van der Waals surface area contributed by atoms with Crippen LogP contribution in [0.4, 0.5) is 0 Å². The molecule has 86 valence electrons. The summed E-state index contributed by atoms with van der Waals surface area (Å²) in [7, 11) is 0. The van der Waals surface area contributed by atoms with E-state index >= 15 is 0 Å². The van der Waals surface area contributed by atoms with E-state index in [2.05, 4.69) is 0 Å². The fourth-order valence-corrected chi connectivity index (χ4v) is 2.77. The Hall–Kier alpha value is -0.670. The lowest BCUT2D eigenvalue weighted by atomic mass is 10.1. The van der Waals surface area contributed by atoms with Crippen LogP contribution < -0.4 is 0 Å². The first kappa shape index (κ1) is 11.8. The normalized spacial score (nSPS) is 15.4. The van der Waals surface area contributed by atoms with Crippen LogP contribution in [0.25, 0.3) is 0 Å². The van der Waals surface area contributed by atoms with E-state index in [1.54, 1.807) is 0 Å². The molecule has 0 unspecified atom stereocenters. The van der Waals surface area contributed by atoms with Crippen molar-refractivity contribution in [3.63, 3.8) is 0 Å². The SMILES string of the molecule is O=C(CCc1ccc(Cl)cc1)N1CCSC1. The highest BCUT2D eigenvalue weighted by molar-refractivity contribution is 7.99. The van der Waals surface area contributed by atoms with Crippen molar-refractivity contribution in [3.8, 4) is 0 Å². The lowest BCUT2D eigenvalue weighted by molar-refractivity contribution is -0.129. The van der Waals surface area contributed by atoms with Gasteiger partial charge in [-0.3, -0.25) is 4.79 Å². The molecule has 4 heteroatoms. The molecule has 1 heterocycles. The van der Waals surface area contributed by atoms with Crippen molar-refractivity contribution < 1.29 is 4.79 Å². The molecule has 0 spiro atoms. The Morgan fingerprint density at radius 2 is 2.12 bits per heavy atom. The molecule has 0 radical (unpaired) electrons. The average Bonchev–Trinajstić information content (AvgIpc) is 2.81. The predicted octanol–water partition coefficient (Wildman–Crippen LogP) is 2.81. The van der Waals surface area contributed by atoms with Gasteiger partial charge >= 0.3 is 0 Å². The smallest absolute Gasteiger partial charge is 0.223 e. The Morgan fingerprint density at radius 1 is 1.38 bits per heavy atom. The van der Waals surface area contributed by atoms with E-state index in [-0.39, 0.29) is 5.91 Å². The third-order valence-corrected chi connectivity index (χ3v) is 3.86. The van der Waals surface area contributed by atoms with E-state index in [0.717, 1.165) is 29.6 Å². The number of benzene rings is 1. The largest absolute Gasteiger partial charge is 0.333 e. The minimum Gasteiger partial charge on any atom is -0.333 e. The number of nitrogens with zero attached hydrogens (tertiary/aromatic N) is 1. The summed E-state index contributed by atoms with van der Waals surface area (Å²) in [4.78, 5) is 13.7. The molecule has 0 aromatic heterocycles. The summed E-state index contributed by atoms with van der Waals surface area (Å²) in [5.74, 6) is 2.20. The third-order valence-electron chi connectivity index (χ3n) is 2.65. The number of hydrogen-bond acceptors (Lipinski definition) is 2. The zero-order valence-electron chi connectivity index (χ0n) is 8.99.